The first-order chi connectivity index (χ1) is 16.2. The van der Waals surface area contributed by atoms with Crippen LogP contribution in [0.5, 0.6) is 5.75 Å². The SMILES string of the molecule is COc1ccc(-c2nc(C(=O)N(C)Cc3ccccc3)c(CN)o2)c2ccc(C(F)(F)F)nc12. The fourth-order valence-electron chi connectivity index (χ4n) is 3.58. The van der Waals surface area contributed by atoms with Crippen LogP contribution in [0.3, 0.4) is 0 Å². The Morgan fingerprint density at radius 3 is 2.47 bits per heavy atom. The molecule has 0 atom stereocenters. The number of benzene rings is 2. The quantitative estimate of drug-likeness (QED) is 0.441. The van der Waals surface area contributed by atoms with E-state index in [1.807, 2.05) is 30.3 Å². The molecule has 0 aliphatic carbocycles. The lowest BCUT2D eigenvalue weighted by Crippen LogP contribution is -2.27. The number of fused-ring (bicyclic) bond motifs is 1. The van der Waals surface area contributed by atoms with E-state index in [2.05, 4.69) is 9.97 Å². The number of oxazole rings is 1. The smallest absolute Gasteiger partial charge is 0.433 e. The summed E-state index contributed by atoms with van der Waals surface area (Å²) in [5, 5.41) is 0.328. The zero-order valence-electron chi connectivity index (χ0n) is 18.4. The molecule has 2 N–H and O–H groups in total. The van der Waals surface area contributed by atoms with Crippen molar-refractivity contribution in [2.75, 3.05) is 14.2 Å². The third kappa shape index (κ3) is 4.44. The summed E-state index contributed by atoms with van der Waals surface area (Å²) in [6.07, 6.45) is -4.62. The molecule has 0 bridgehead atoms. The van der Waals surface area contributed by atoms with Gasteiger partial charge in [0, 0.05) is 24.5 Å². The molecule has 0 radical (unpaired) electrons. The Balaban J connectivity index is 1.75. The predicted octanol–water partition coefficient (Wildman–Crippen LogP) is 4.65. The van der Waals surface area contributed by atoms with Crippen molar-refractivity contribution in [2.45, 2.75) is 19.3 Å². The summed E-state index contributed by atoms with van der Waals surface area (Å²) in [5.74, 6) is -0.0150. The molecule has 0 saturated carbocycles. The van der Waals surface area contributed by atoms with Crippen LogP contribution in [0.1, 0.15) is 27.5 Å². The number of pyridine rings is 1. The second kappa shape index (κ2) is 9.14. The van der Waals surface area contributed by atoms with Gasteiger partial charge < -0.3 is 19.8 Å². The largest absolute Gasteiger partial charge is 0.494 e. The molecule has 0 aliphatic rings. The van der Waals surface area contributed by atoms with Crippen LogP contribution in [-0.4, -0.2) is 34.9 Å². The van der Waals surface area contributed by atoms with Crippen molar-refractivity contribution < 1.29 is 27.1 Å². The Kier molecular flexibility index (Phi) is 6.25. The average molecular weight is 470 g/mol. The topological polar surface area (TPSA) is 94.5 Å². The minimum Gasteiger partial charge on any atom is -0.494 e. The zero-order valence-corrected chi connectivity index (χ0v) is 18.4. The fraction of sp³-hybridized carbons (Fsp3) is 0.208. The third-order valence-corrected chi connectivity index (χ3v) is 5.26. The summed E-state index contributed by atoms with van der Waals surface area (Å²) < 4.78 is 50.6. The lowest BCUT2D eigenvalue weighted by molar-refractivity contribution is -0.140. The monoisotopic (exact) mass is 470 g/mol. The Morgan fingerprint density at radius 2 is 1.82 bits per heavy atom. The fourth-order valence-corrected chi connectivity index (χ4v) is 3.58. The molecule has 0 saturated heterocycles. The van der Waals surface area contributed by atoms with Crippen LogP contribution in [0.25, 0.3) is 22.4 Å². The number of alkyl halides is 3. The Hall–Kier alpha value is -3.92. The Bertz CT molecular complexity index is 1340. The molecule has 4 rings (SSSR count). The summed E-state index contributed by atoms with van der Waals surface area (Å²) in [7, 11) is 2.97. The van der Waals surface area contributed by atoms with Gasteiger partial charge in [-0.2, -0.15) is 13.2 Å². The highest BCUT2D eigenvalue weighted by Crippen LogP contribution is 2.37. The van der Waals surface area contributed by atoms with Gasteiger partial charge in [-0.3, -0.25) is 4.79 Å². The predicted molar refractivity (Wildman–Crippen MR) is 119 cm³/mol. The molecule has 10 heteroatoms. The Labute approximate surface area is 193 Å². The molecule has 2 aromatic heterocycles. The van der Waals surface area contributed by atoms with E-state index in [0.29, 0.717) is 17.5 Å². The van der Waals surface area contributed by atoms with Crippen LogP contribution >= 0.6 is 0 Å². The van der Waals surface area contributed by atoms with Gasteiger partial charge in [0.15, 0.2) is 11.5 Å². The molecule has 0 aliphatic heterocycles. The number of aromatic nitrogens is 2. The second-order valence-corrected chi connectivity index (χ2v) is 7.55. The van der Waals surface area contributed by atoms with Crippen molar-refractivity contribution in [3.05, 3.63) is 77.3 Å². The molecule has 7 nitrogen and oxygen atoms in total. The van der Waals surface area contributed by atoms with Gasteiger partial charge in [0.25, 0.3) is 5.91 Å². The van der Waals surface area contributed by atoms with Crippen LogP contribution in [0.4, 0.5) is 13.2 Å². The van der Waals surface area contributed by atoms with Gasteiger partial charge in [-0.25, -0.2) is 9.97 Å². The number of nitrogens with two attached hydrogens (primary N) is 1. The molecule has 176 valence electrons. The molecule has 0 spiro atoms. The number of carbonyl (C=O) groups is 1. The molecule has 2 heterocycles. The summed E-state index contributed by atoms with van der Waals surface area (Å²) >= 11 is 0. The number of ether oxygens (including phenoxy) is 1. The summed E-state index contributed by atoms with van der Waals surface area (Å²) in [5.41, 5.74) is 6.08. The van der Waals surface area contributed by atoms with Gasteiger partial charge in [-0.05, 0) is 29.8 Å². The first-order valence-electron chi connectivity index (χ1n) is 10.3. The highest BCUT2D eigenvalue weighted by Gasteiger charge is 2.33. The minimum absolute atomic E-state index is 0.00334. The van der Waals surface area contributed by atoms with E-state index >= 15 is 0 Å². The summed E-state index contributed by atoms with van der Waals surface area (Å²) in [6, 6.07) is 14.6. The third-order valence-electron chi connectivity index (χ3n) is 5.26. The molecular formula is C24H21F3N4O3. The highest BCUT2D eigenvalue weighted by atomic mass is 19.4. The van der Waals surface area contributed by atoms with E-state index in [0.717, 1.165) is 11.6 Å². The number of hydrogen-bond donors (Lipinski definition) is 1. The lowest BCUT2D eigenvalue weighted by Gasteiger charge is -2.16. The molecule has 0 fully saturated rings. The molecule has 34 heavy (non-hydrogen) atoms. The Morgan fingerprint density at radius 1 is 1.09 bits per heavy atom. The van der Waals surface area contributed by atoms with E-state index < -0.39 is 17.8 Å². The van der Waals surface area contributed by atoms with Gasteiger partial charge in [0.2, 0.25) is 5.89 Å². The van der Waals surface area contributed by atoms with Crippen LogP contribution in [0.15, 0.2) is 59.0 Å². The van der Waals surface area contributed by atoms with Gasteiger partial charge in [-0.1, -0.05) is 30.3 Å². The lowest BCUT2D eigenvalue weighted by atomic mass is 10.1. The number of halogens is 3. The molecular weight excluding hydrogens is 449 g/mol. The highest BCUT2D eigenvalue weighted by molar-refractivity contribution is 5.98. The van der Waals surface area contributed by atoms with E-state index in [9.17, 15) is 18.0 Å². The standard InChI is InChI=1S/C24H21F3N4O3/c1-31(13-14-6-4-3-5-7-14)23(32)21-18(12-28)34-22(30-21)16-8-10-17(33-2)20-15(16)9-11-19(29-20)24(25,26)27/h3-11H,12-13,28H2,1-2H3. The summed E-state index contributed by atoms with van der Waals surface area (Å²) in [4.78, 5) is 22.7. The number of nitrogens with zero attached hydrogens (tertiary/aromatic N) is 3. The maximum atomic E-state index is 13.2. The number of methoxy groups -OCH3 is 1. The summed E-state index contributed by atoms with van der Waals surface area (Å²) in [6.45, 7) is 0.263. The van der Waals surface area contributed by atoms with Crippen molar-refractivity contribution in [1.29, 1.82) is 0 Å². The van der Waals surface area contributed by atoms with E-state index in [1.54, 1.807) is 13.1 Å². The zero-order chi connectivity index (χ0) is 24.5. The van der Waals surface area contributed by atoms with Crippen LogP contribution in [0.2, 0.25) is 0 Å². The van der Waals surface area contributed by atoms with Crippen LogP contribution in [0, 0.1) is 0 Å². The first kappa shape index (κ1) is 23.2. The maximum absolute atomic E-state index is 13.2. The van der Waals surface area contributed by atoms with Gasteiger partial charge in [-0.15, -0.1) is 0 Å². The maximum Gasteiger partial charge on any atom is 0.433 e. The van der Waals surface area contributed by atoms with E-state index in [-0.39, 0.29) is 35.2 Å². The van der Waals surface area contributed by atoms with E-state index in [1.165, 1.54) is 24.1 Å². The normalized spacial score (nSPS) is 11.6. The van der Waals surface area contributed by atoms with Crippen molar-refractivity contribution in [1.82, 2.24) is 14.9 Å². The number of hydrogen-bond acceptors (Lipinski definition) is 6. The molecule has 0 unspecified atom stereocenters. The molecule has 4 aromatic rings. The van der Waals surface area contributed by atoms with Crippen molar-refractivity contribution in [2.24, 2.45) is 5.73 Å². The number of carbonyl (C=O) groups excluding carboxylic acids is 1. The van der Waals surface area contributed by atoms with Gasteiger partial charge >= 0.3 is 6.18 Å². The van der Waals surface area contributed by atoms with Crippen molar-refractivity contribution in [3.63, 3.8) is 0 Å². The average Bonchev–Trinajstić information content (AvgIpc) is 3.26. The second-order valence-electron chi connectivity index (χ2n) is 7.55. The minimum atomic E-state index is -4.62. The first-order valence-corrected chi connectivity index (χ1v) is 10.3. The van der Waals surface area contributed by atoms with Crippen LogP contribution in [-0.2, 0) is 19.3 Å². The molecule has 2 aromatic carbocycles. The molecule has 1 amide bonds. The van der Waals surface area contributed by atoms with Crippen molar-refractivity contribution in [3.8, 4) is 17.2 Å². The van der Waals surface area contributed by atoms with Gasteiger partial charge in [0.05, 0.1) is 13.7 Å². The van der Waals surface area contributed by atoms with E-state index in [4.69, 9.17) is 14.9 Å². The number of amides is 1. The van der Waals surface area contributed by atoms with Crippen LogP contribution < -0.4 is 10.5 Å². The van der Waals surface area contributed by atoms with Crippen molar-refractivity contribution >= 4 is 16.8 Å². The van der Waals surface area contributed by atoms with Gasteiger partial charge in [0.1, 0.15) is 17.0 Å². The number of rotatable bonds is 6.